The summed E-state index contributed by atoms with van der Waals surface area (Å²) in [5, 5.41) is 0.564. The van der Waals surface area contributed by atoms with E-state index in [9.17, 15) is 18.0 Å². The zero-order valence-corrected chi connectivity index (χ0v) is 11.2. The molecule has 0 radical (unpaired) electrons. The lowest BCUT2D eigenvalue weighted by Gasteiger charge is -2.04. The van der Waals surface area contributed by atoms with Gasteiger partial charge in [0.1, 0.15) is 17.0 Å². The molecule has 21 heavy (non-hydrogen) atoms. The van der Waals surface area contributed by atoms with Crippen molar-refractivity contribution in [2.75, 3.05) is 0 Å². The van der Waals surface area contributed by atoms with Crippen LogP contribution in [0.5, 0.6) is 0 Å². The van der Waals surface area contributed by atoms with Gasteiger partial charge in [0.15, 0.2) is 0 Å². The molecule has 0 fully saturated rings. The molecule has 0 N–H and O–H groups in total. The number of aromatic nitrogens is 2. The topological polar surface area (TPSA) is 42.9 Å². The fourth-order valence-corrected chi connectivity index (χ4v) is 2.83. The normalized spacial score (nSPS) is 11.8. The van der Waals surface area contributed by atoms with E-state index in [2.05, 4.69) is 9.97 Å². The predicted octanol–water partition coefficient (Wildman–Crippen LogP) is 4.19. The van der Waals surface area contributed by atoms with Crippen LogP contribution in [0.4, 0.5) is 13.2 Å². The van der Waals surface area contributed by atoms with E-state index < -0.39 is 11.9 Å². The van der Waals surface area contributed by atoms with E-state index in [0.717, 1.165) is 23.2 Å². The summed E-state index contributed by atoms with van der Waals surface area (Å²) < 4.78 is 38.2. The van der Waals surface area contributed by atoms with Gasteiger partial charge in [-0.05, 0) is 30.3 Å². The molecule has 0 spiro atoms. The third-order valence-corrected chi connectivity index (χ3v) is 3.92. The number of carbonyl (C=O) groups excluding carboxylic acids is 1. The highest BCUT2D eigenvalue weighted by atomic mass is 32.1. The zero-order valence-electron chi connectivity index (χ0n) is 10.4. The van der Waals surface area contributed by atoms with E-state index >= 15 is 0 Å². The van der Waals surface area contributed by atoms with Crippen LogP contribution in [-0.4, -0.2) is 16.3 Å². The number of rotatable bonds is 2. The molecule has 0 saturated heterocycles. The first-order chi connectivity index (χ1) is 9.97. The highest BCUT2D eigenvalue weighted by Gasteiger charge is 2.32. The Balaban J connectivity index is 2.02. The molecule has 1 aromatic carbocycles. The van der Waals surface area contributed by atoms with Crippen LogP contribution in [0, 0.1) is 0 Å². The highest BCUT2D eigenvalue weighted by Crippen LogP contribution is 2.32. The van der Waals surface area contributed by atoms with Crippen LogP contribution in [0.3, 0.4) is 0 Å². The summed E-state index contributed by atoms with van der Waals surface area (Å²) in [4.78, 5) is 18.5. The van der Waals surface area contributed by atoms with Gasteiger partial charge in [-0.3, -0.25) is 9.78 Å². The lowest BCUT2D eigenvalue weighted by Crippen LogP contribution is -2.07. The second-order valence-corrected chi connectivity index (χ2v) is 5.32. The quantitative estimate of drug-likeness (QED) is 0.667. The third kappa shape index (κ3) is 2.64. The fourth-order valence-electron chi connectivity index (χ4n) is 1.83. The first kappa shape index (κ1) is 13.7. The van der Waals surface area contributed by atoms with Crippen LogP contribution in [0.15, 0.2) is 36.5 Å². The van der Waals surface area contributed by atoms with Gasteiger partial charge in [0, 0.05) is 17.3 Å². The van der Waals surface area contributed by atoms with E-state index in [0.29, 0.717) is 21.7 Å². The summed E-state index contributed by atoms with van der Waals surface area (Å²) >= 11 is 1.30. The molecule has 0 aliphatic rings. The Morgan fingerprint density at radius 3 is 2.57 bits per heavy atom. The largest absolute Gasteiger partial charge is 0.433 e. The number of alkyl halides is 3. The van der Waals surface area contributed by atoms with E-state index in [1.165, 1.54) is 17.4 Å². The van der Waals surface area contributed by atoms with Gasteiger partial charge < -0.3 is 0 Å². The average Bonchev–Trinajstić information content (AvgIpc) is 2.89. The van der Waals surface area contributed by atoms with Crippen molar-refractivity contribution in [2.45, 2.75) is 6.18 Å². The molecule has 3 nitrogen and oxygen atoms in total. The summed E-state index contributed by atoms with van der Waals surface area (Å²) in [6, 6.07) is 7.31. The Morgan fingerprint density at radius 1 is 1.14 bits per heavy atom. The van der Waals surface area contributed by atoms with Crippen molar-refractivity contribution in [3.8, 4) is 10.6 Å². The number of hydrogen-bond donors (Lipinski definition) is 0. The van der Waals surface area contributed by atoms with Crippen LogP contribution < -0.4 is 0 Å². The first-order valence-electron chi connectivity index (χ1n) is 5.87. The SMILES string of the molecule is O=Cc1ccc2nc(-c3ccc(C(F)(F)F)nc3)sc2c1. The van der Waals surface area contributed by atoms with Crippen molar-refractivity contribution in [2.24, 2.45) is 0 Å². The van der Waals surface area contributed by atoms with Crippen LogP contribution in [-0.2, 0) is 6.18 Å². The summed E-state index contributed by atoms with van der Waals surface area (Å²) in [6.45, 7) is 0. The fraction of sp³-hybridized carbons (Fsp3) is 0.0714. The molecule has 3 rings (SSSR count). The molecule has 2 heterocycles. The van der Waals surface area contributed by atoms with E-state index in [1.807, 2.05) is 0 Å². The Bertz CT molecular complexity index is 809. The molecule has 0 unspecified atom stereocenters. The molecule has 7 heteroatoms. The Hall–Kier alpha value is -2.28. The number of carbonyl (C=O) groups is 1. The number of aldehydes is 1. The van der Waals surface area contributed by atoms with Crippen molar-refractivity contribution in [3.05, 3.63) is 47.8 Å². The smallest absolute Gasteiger partial charge is 0.298 e. The molecule has 0 bridgehead atoms. The highest BCUT2D eigenvalue weighted by molar-refractivity contribution is 7.21. The standard InChI is InChI=1S/C14H7F3N2OS/c15-14(16,17)12-4-2-9(6-18-12)13-19-10-3-1-8(7-20)5-11(10)21-13/h1-7H. The van der Waals surface area contributed by atoms with E-state index in [4.69, 9.17) is 0 Å². The minimum absolute atomic E-state index is 0.511. The van der Waals surface area contributed by atoms with E-state index in [-0.39, 0.29) is 0 Å². The zero-order chi connectivity index (χ0) is 15.0. The number of thiazole rings is 1. The second-order valence-electron chi connectivity index (χ2n) is 4.29. The number of nitrogens with zero attached hydrogens (tertiary/aromatic N) is 2. The molecule has 3 aromatic rings. The Labute approximate surface area is 121 Å². The minimum Gasteiger partial charge on any atom is -0.298 e. The van der Waals surface area contributed by atoms with Crippen molar-refractivity contribution < 1.29 is 18.0 Å². The lowest BCUT2D eigenvalue weighted by molar-refractivity contribution is -0.141. The van der Waals surface area contributed by atoms with Gasteiger partial charge in [0.2, 0.25) is 0 Å². The maximum absolute atomic E-state index is 12.5. The summed E-state index contributed by atoms with van der Waals surface area (Å²) in [6.07, 6.45) is -2.56. The monoisotopic (exact) mass is 308 g/mol. The maximum Gasteiger partial charge on any atom is 0.433 e. The first-order valence-corrected chi connectivity index (χ1v) is 6.68. The van der Waals surface area contributed by atoms with Gasteiger partial charge in [0.05, 0.1) is 10.2 Å². The van der Waals surface area contributed by atoms with Crippen LogP contribution >= 0.6 is 11.3 Å². The number of halogens is 3. The molecule has 106 valence electrons. The number of fused-ring (bicyclic) bond motifs is 1. The number of pyridine rings is 1. The van der Waals surface area contributed by atoms with Crippen LogP contribution in [0.25, 0.3) is 20.8 Å². The van der Waals surface area contributed by atoms with Gasteiger partial charge >= 0.3 is 6.18 Å². The molecular formula is C14H7F3N2OS. The van der Waals surface area contributed by atoms with Gasteiger partial charge in [-0.1, -0.05) is 0 Å². The summed E-state index contributed by atoms with van der Waals surface area (Å²) in [7, 11) is 0. The van der Waals surface area contributed by atoms with Gasteiger partial charge in [-0.25, -0.2) is 4.98 Å². The van der Waals surface area contributed by atoms with Crippen molar-refractivity contribution >= 4 is 27.8 Å². The van der Waals surface area contributed by atoms with Crippen molar-refractivity contribution in [1.82, 2.24) is 9.97 Å². The third-order valence-electron chi connectivity index (χ3n) is 2.85. The Morgan fingerprint density at radius 2 is 1.95 bits per heavy atom. The summed E-state index contributed by atoms with van der Waals surface area (Å²) in [5.74, 6) is 0. The van der Waals surface area contributed by atoms with Crippen LogP contribution in [0.1, 0.15) is 16.1 Å². The Kier molecular flexibility index (Phi) is 3.21. The number of benzene rings is 1. The van der Waals surface area contributed by atoms with E-state index in [1.54, 1.807) is 18.2 Å². The van der Waals surface area contributed by atoms with Gasteiger partial charge in [-0.15, -0.1) is 11.3 Å². The second kappa shape index (κ2) is 4.92. The number of hydrogen-bond acceptors (Lipinski definition) is 4. The molecule has 0 aliphatic heterocycles. The van der Waals surface area contributed by atoms with Gasteiger partial charge in [-0.2, -0.15) is 13.2 Å². The summed E-state index contributed by atoms with van der Waals surface area (Å²) in [5.41, 5.74) is 0.802. The average molecular weight is 308 g/mol. The van der Waals surface area contributed by atoms with Crippen molar-refractivity contribution in [3.63, 3.8) is 0 Å². The molecule has 0 aliphatic carbocycles. The molecular weight excluding hydrogens is 301 g/mol. The molecule has 0 saturated carbocycles. The minimum atomic E-state index is -4.45. The predicted molar refractivity (Wildman–Crippen MR) is 73.2 cm³/mol. The van der Waals surface area contributed by atoms with Crippen molar-refractivity contribution in [1.29, 1.82) is 0 Å². The molecule has 0 amide bonds. The maximum atomic E-state index is 12.5. The lowest BCUT2D eigenvalue weighted by atomic mass is 10.2. The van der Waals surface area contributed by atoms with Crippen LogP contribution in [0.2, 0.25) is 0 Å². The molecule has 2 aromatic heterocycles. The molecule has 0 atom stereocenters. The van der Waals surface area contributed by atoms with Gasteiger partial charge in [0.25, 0.3) is 0 Å².